The minimum absolute atomic E-state index is 0.0766. The fourth-order valence-electron chi connectivity index (χ4n) is 9.75. The van der Waals surface area contributed by atoms with Crippen LogP contribution in [-0.2, 0) is 9.59 Å². The van der Waals surface area contributed by atoms with E-state index in [-0.39, 0.29) is 18.9 Å². The summed E-state index contributed by atoms with van der Waals surface area (Å²) in [7, 11) is 0. The van der Waals surface area contributed by atoms with Gasteiger partial charge in [-0.05, 0) is 111 Å². The van der Waals surface area contributed by atoms with Crippen LogP contribution in [0.25, 0.3) is 0 Å². The maximum Gasteiger partial charge on any atom is 0.303 e. The summed E-state index contributed by atoms with van der Waals surface area (Å²) in [4.78, 5) is 20.2. The lowest BCUT2D eigenvalue weighted by molar-refractivity contribution is -0.138. The van der Waals surface area contributed by atoms with Crippen molar-refractivity contribution in [1.29, 1.82) is 0 Å². The van der Waals surface area contributed by atoms with E-state index in [0.717, 1.165) is 67.6 Å². The van der Waals surface area contributed by atoms with E-state index in [1.165, 1.54) is 57.8 Å². The van der Waals surface area contributed by atoms with Crippen LogP contribution in [0.1, 0.15) is 150 Å². The van der Waals surface area contributed by atoms with E-state index < -0.39 is 11.9 Å². The van der Waals surface area contributed by atoms with Crippen molar-refractivity contribution in [3.8, 4) is 0 Å². The first-order valence-electron chi connectivity index (χ1n) is 17.2. The molecule has 3 fully saturated rings. The normalized spacial score (nSPS) is 34.9. The molecule has 236 valence electrons. The van der Waals surface area contributed by atoms with Gasteiger partial charge in [-0.2, -0.15) is 0 Å². The van der Waals surface area contributed by atoms with Crippen LogP contribution in [0.2, 0.25) is 0 Å². The molecule has 5 nitrogen and oxygen atoms in total. The highest BCUT2D eigenvalue weighted by Gasteiger charge is 2.59. The minimum Gasteiger partial charge on any atom is -0.481 e. The molecule has 0 radical (unpaired) electrons. The predicted octanol–water partition coefficient (Wildman–Crippen LogP) is 9.28. The maximum atomic E-state index is 10.2. The van der Waals surface area contributed by atoms with Gasteiger partial charge in [-0.1, -0.05) is 84.8 Å². The zero-order chi connectivity index (χ0) is 30.2. The van der Waals surface area contributed by atoms with Crippen molar-refractivity contribution in [3.05, 3.63) is 11.6 Å². The third-order valence-electron chi connectivity index (χ3n) is 12.1. The fourth-order valence-corrected chi connectivity index (χ4v) is 9.75. The number of carboxylic acids is 2. The van der Waals surface area contributed by atoms with Gasteiger partial charge in [0.1, 0.15) is 0 Å². The van der Waals surface area contributed by atoms with Crippen LogP contribution >= 0.6 is 0 Å². The quantitative estimate of drug-likeness (QED) is 0.150. The Balaban J connectivity index is 0.000000302. The van der Waals surface area contributed by atoms with Gasteiger partial charge in [-0.25, -0.2) is 0 Å². The zero-order valence-electron chi connectivity index (χ0n) is 27.0. The SMILES string of the molecule is CC(C)CCCC(C)[C@H]1CC[C@H]2[C@@H]3CC=C4C[C@@H](O)CC[C@]4(C)[C@H]3CC[C@]12C.O=C(O)CCCCCCCC(=O)O. The first kappa shape index (κ1) is 34.1. The van der Waals surface area contributed by atoms with Crippen LogP contribution in [0.15, 0.2) is 11.6 Å². The van der Waals surface area contributed by atoms with E-state index in [1.54, 1.807) is 5.57 Å². The average molecular weight is 575 g/mol. The van der Waals surface area contributed by atoms with Crippen molar-refractivity contribution in [3.63, 3.8) is 0 Å². The Kier molecular flexibility index (Phi) is 12.8. The molecule has 4 aliphatic rings. The molecular weight excluding hydrogens is 512 g/mol. The summed E-state index contributed by atoms with van der Waals surface area (Å²) < 4.78 is 0. The van der Waals surface area contributed by atoms with Crippen LogP contribution in [0.4, 0.5) is 0 Å². The van der Waals surface area contributed by atoms with Gasteiger partial charge in [0.15, 0.2) is 0 Å². The van der Waals surface area contributed by atoms with Gasteiger partial charge in [0.05, 0.1) is 6.10 Å². The molecule has 1 unspecified atom stereocenters. The number of hydrogen-bond donors (Lipinski definition) is 3. The van der Waals surface area contributed by atoms with Crippen LogP contribution in [0, 0.1) is 46.3 Å². The van der Waals surface area contributed by atoms with E-state index in [0.29, 0.717) is 23.7 Å². The monoisotopic (exact) mass is 574 g/mol. The molecular formula is C36H62O5. The summed E-state index contributed by atoms with van der Waals surface area (Å²) in [6, 6.07) is 0. The first-order chi connectivity index (χ1) is 19.4. The van der Waals surface area contributed by atoms with Gasteiger partial charge in [0.2, 0.25) is 0 Å². The Hall–Kier alpha value is -1.36. The number of rotatable bonds is 13. The molecule has 0 spiro atoms. The Morgan fingerprint density at radius 2 is 1.46 bits per heavy atom. The third kappa shape index (κ3) is 8.83. The molecule has 5 heteroatoms. The molecule has 0 heterocycles. The van der Waals surface area contributed by atoms with E-state index >= 15 is 0 Å². The Labute approximate surface area is 251 Å². The second kappa shape index (κ2) is 15.4. The summed E-state index contributed by atoms with van der Waals surface area (Å²) >= 11 is 0. The van der Waals surface area contributed by atoms with E-state index in [9.17, 15) is 14.7 Å². The number of fused-ring (bicyclic) bond motifs is 5. The number of aliphatic carboxylic acids is 2. The van der Waals surface area contributed by atoms with Crippen molar-refractivity contribution in [1.82, 2.24) is 0 Å². The van der Waals surface area contributed by atoms with Crippen LogP contribution in [-0.4, -0.2) is 33.4 Å². The molecule has 0 bridgehead atoms. The van der Waals surface area contributed by atoms with Crippen molar-refractivity contribution < 1.29 is 24.9 Å². The molecule has 3 saturated carbocycles. The summed E-state index contributed by atoms with van der Waals surface area (Å²) in [6.07, 6.45) is 21.7. The molecule has 41 heavy (non-hydrogen) atoms. The second-order valence-corrected chi connectivity index (χ2v) is 15.2. The molecule has 4 aliphatic carbocycles. The molecule has 0 amide bonds. The van der Waals surface area contributed by atoms with E-state index in [2.05, 4.69) is 40.7 Å². The lowest BCUT2D eigenvalue weighted by atomic mass is 9.47. The largest absolute Gasteiger partial charge is 0.481 e. The highest BCUT2D eigenvalue weighted by Crippen LogP contribution is 2.67. The van der Waals surface area contributed by atoms with Gasteiger partial charge >= 0.3 is 11.9 Å². The minimum atomic E-state index is -0.759. The lowest BCUT2D eigenvalue weighted by Crippen LogP contribution is -2.50. The smallest absolute Gasteiger partial charge is 0.303 e. The molecule has 4 rings (SSSR count). The highest BCUT2D eigenvalue weighted by molar-refractivity contribution is 5.66. The maximum absolute atomic E-state index is 10.2. The summed E-state index contributed by atoms with van der Waals surface area (Å²) in [5.74, 6) is 3.94. The molecule has 0 saturated heterocycles. The van der Waals surface area contributed by atoms with Gasteiger partial charge in [0, 0.05) is 12.8 Å². The number of allylic oxidation sites excluding steroid dienone is 1. The van der Waals surface area contributed by atoms with Crippen molar-refractivity contribution in [2.24, 2.45) is 46.3 Å². The number of unbranched alkanes of at least 4 members (excludes halogenated alkanes) is 4. The zero-order valence-corrected chi connectivity index (χ0v) is 27.0. The van der Waals surface area contributed by atoms with Gasteiger partial charge < -0.3 is 15.3 Å². The second-order valence-electron chi connectivity index (χ2n) is 15.2. The highest BCUT2D eigenvalue weighted by atomic mass is 16.4. The van der Waals surface area contributed by atoms with Crippen molar-refractivity contribution in [2.45, 2.75) is 156 Å². The van der Waals surface area contributed by atoms with E-state index in [1.807, 2.05) is 0 Å². The Morgan fingerprint density at radius 3 is 2.07 bits per heavy atom. The number of aliphatic hydroxyl groups excluding tert-OH is 1. The molecule has 0 aliphatic heterocycles. The van der Waals surface area contributed by atoms with Crippen LogP contribution < -0.4 is 0 Å². The van der Waals surface area contributed by atoms with Crippen molar-refractivity contribution >= 4 is 11.9 Å². The Bertz CT molecular complexity index is 861. The summed E-state index contributed by atoms with van der Waals surface area (Å²) in [5.41, 5.74) is 2.60. The van der Waals surface area contributed by atoms with Gasteiger partial charge in [0.25, 0.3) is 0 Å². The summed E-state index contributed by atoms with van der Waals surface area (Å²) in [6.45, 7) is 12.6. The molecule has 0 aromatic carbocycles. The predicted molar refractivity (Wildman–Crippen MR) is 167 cm³/mol. The number of carboxylic acid groups (broad SMARTS) is 2. The van der Waals surface area contributed by atoms with Crippen LogP contribution in [0.3, 0.4) is 0 Å². The first-order valence-corrected chi connectivity index (χ1v) is 17.2. The standard InChI is InChI=1S/C27H46O.C9H16O4/c1-18(2)7-6-8-19(3)23-11-12-24-22-10-9-20-17-21(28)13-15-26(20,4)25(22)14-16-27(23,24)5;10-8(11)6-4-2-1-3-5-7-9(12)13/h9,18-19,21-25,28H,6-8,10-17H2,1-5H3;1-7H2,(H,10,11)(H,12,13)/t19?,21-,22-,23+,24-,25-,26-,27+;/m0./s1. The average Bonchev–Trinajstić information content (AvgIpc) is 3.25. The summed E-state index contributed by atoms with van der Waals surface area (Å²) in [5, 5.41) is 26.8. The fraction of sp³-hybridized carbons (Fsp3) is 0.889. The number of aliphatic hydroxyl groups is 1. The van der Waals surface area contributed by atoms with E-state index in [4.69, 9.17) is 10.2 Å². The molecule has 0 aromatic heterocycles. The number of carbonyl (C=O) groups is 2. The van der Waals surface area contributed by atoms with Crippen molar-refractivity contribution in [2.75, 3.05) is 0 Å². The molecule has 8 atom stereocenters. The Morgan fingerprint density at radius 1 is 0.829 bits per heavy atom. The van der Waals surface area contributed by atoms with Gasteiger partial charge in [-0.3, -0.25) is 9.59 Å². The lowest BCUT2D eigenvalue weighted by Gasteiger charge is -2.58. The molecule has 3 N–H and O–H groups in total. The number of hydrogen-bond acceptors (Lipinski definition) is 3. The van der Waals surface area contributed by atoms with Gasteiger partial charge in [-0.15, -0.1) is 0 Å². The topological polar surface area (TPSA) is 94.8 Å². The third-order valence-corrected chi connectivity index (χ3v) is 12.1. The van der Waals surface area contributed by atoms with Crippen LogP contribution in [0.5, 0.6) is 0 Å². The molecule has 0 aromatic rings.